The molecule has 1 saturated heterocycles. The molecule has 0 aromatic carbocycles. The number of ether oxygens (including phenoxy) is 4. The van der Waals surface area contributed by atoms with Gasteiger partial charge in [0.05, 0.1) is 19.6 Å². The first-order valence-corrected chi connectivity index (χ1v) is 6.39. The van der Waals surface area contributed by atoms with Crippen LogP contribution in [-0.2, 0) is 28.5 Å². The summed E-state index contributed by atoms with van der Waals surface area (Å²) >= 11 is 0. The van der Waals surface area contributed by atoms with Gasteiger partial charge in [-0.2, -0.15) is 0 Å². The predicted molar refractivity (Wildman–Crippen MR) is 66.0 cm³/mol. The minimum absolute atomic E-state index is 0.0314. The molecule has 19 heavy (non-hydrogen) atoms. The van der Waals surface area contributed by atoms with Crippen molar-refractivity contribution in [1.29, 1.82) is 0 Å². The molecule has 1 aliphatic heterocycles. The third-order valence-electron chi connectivity index (χ3n) is 2.62. The van der Waals surface area contributed by atoms with Gasteiger partial charge < -0.3 is 18.9 Å². The van der Waals surface area contributed by atoms with E-state index in [2.05, 4.69) is 0 Å². The van der Waals surface area contributed by atoms with E-state index in [0.29, 0.717) is 12.4 Å². The van der Waals surface area contributed by atoms with E-state index in [1.54, 1.807) is 26.8 Å². The molecule has 0 N–H and O–H groups in total. The molecule has 0 radical (unpaired) electrons. The van der Waals surface area contributed by atoms with Crippen molar-refractivity contribution in [2.45, 2.75) is 39.4 Å². The van der Waals surface area contributed by atoms with E-state index in [4.69, 9.17) is 18.9 Å². The molecule has 108 valence electrons. The highest BCUT2D eigenvalue weighted by atomic mass is 16.8. The fourth-order valence-electron chi connectivity index (χ4n) is 1.67. The molecule has 0 aliphatic carbocycles. The summed E-state index contributed by atoms with van der Waals surface area (Å²) in [4.78, 5) is 23.3. The SMILES string of the molecule is C/C=C1/COC(CCC(=O)OCC)(C(=O)OCC)O1. The van der Waals surface area contributed by atoms with Gasteiger partial charge in [-0.05, 0) is 26.8 Å². The Balaban J connectivity index is 2.71. The lowest BCUT2D eigenvalue weighted by molar-refractivity contribution is -0.206. The van der Waals surface area contributed by atoms with Gasteiger partial charge in [0.2, 0.25) is 0 Å². The molecule has 0 bridgehead atoms. The summed E-state index contributed by atoms with van der Waals surface area (Å²) in [6.45, 7) is 5.91. The minimum atomic E-state index is -1.52. The maximum atomic E-state index is 11.9. The summed E-state index contributed by atoms with van der Waals surface area (Å²) in [6, 6.07) is 0. The van der Waals surface area contributed by atoms with Crippen molar-refractivity contribution in [1.82, 2.24) is 0 Å². The Bertz CT molecular complexity index is 362. The first-order chi connectivity index (χ1) is 9.07. The zero-order valence-electron chi connectivity index (χ0n) is 11.6. The van der Waals surface area contributed by atoms with Crippen LogP contribution in [0, 0.1) is 0 Å². The van der Waals surface area contributed by atoms with E-state index < -0.39 is 17.7 Å². The van der Waals surface area contributed by atoms with Crippen LogP contribution in [0.25, 0.3) is 0 Å². The normalized spacial score (nSPS) is 24.1. The smallest absolute Gasteiger partial charge is 0.379 e. The van der Waals surface area contributed by atoms with E-state index >= 15 is 0 Å². The molecule has 1 unspecified atom stereocenters. The van der Waals surface area contributed by atoms with Gasteiger partial charge in [-0.25, -0.2) is 4.79 Å². The van der Waals surface area contributed by atoms with E-state index in [1.165, 1.54) is 0 Å². The minimum Gasteiger partial charge on any atom is -0.466 e. The highest BCUT2D eigenvalue weighted by molar-refractivity contribution is 5.79. The van der Waals surface area contributed by atoms with Crippen LogP contribution in [0.1, 0.15) is 33.6 Å². The fraction of sp³-hybridized carbons (Fsp3) is 0.692. The molecule has 1 fully saturated rings. The Labute approximate surface area is 112 Å². The van der Waals surface area contributed by atoms with E-state index in [1.807, 2.05) is 0 Å². The van der Waals surface area contributed by atoms with Crippen molar-refractivity contribution in [2.75, 3.05) is 19.8 Å². The molecule has 6 nitrogen and oxygen atoms in total. The molecule has 0 aromatic rings. The molecular weight excluding hydrogens is 252 g/mol. The van der Waals surface area contributed by atoms with E-state index in [-0.39, 0.29) is 26.1 Å². The second kappa shape index (κ2) is 7.13. The lowest BCUT2D eigenvalue weighted by Gasteiger charge is -2.24. The average Bonchev–Trinajstić information content (AvgIpc) is 2.82. The average molecular weight is 272 g/mol. The molecule has 0 saturated carbocycles. The number of esters is 2. The van der Waals surface area contributed by atoms with Crippen molar-refractivity contribution < 1.29 is 28.5 Å². The second-order valence-corrected chi connectivity index (χ2v) is 3.92. The Morgan fingerprint density at radius 3 is 2.53 bits per heavy atom. The van der Waals surface area contributed by atoms with Crippen molar-refractivity contribution >= 4 is 11.9 Å². The van der Waals surface area contributed by atoms with Crippen LogP contribution in [-0.4, -0.2) is 37.5 Å². The molecule has 1 heterocycles. The summed E-state index contributed by atoms with van der Waals surface area (Å²) in [6.07, 6.45) is 1.82. The Morgan fingerprint density at radius 1 is 1.32 bits per heavy atom. The first-order valence-electron chi connectivity index (χ1n) is 6.39. The van der Waals surface area contributed by atoms with Crippen LogP contribution in [0.15, 0.2) is 11.8 Å². The van der Waals surface area contributed by atoms with Crippen LogP contribution in [0.2, 0.25) is 0 Å². The number of rotatable bonds is 6. The topological polar surface area (TPSA) is 71.1 Å². The van der Waals surface area contributed by atoms with Gasteiger partial charge in [-0.1, -0.05) is 0 Å². The lowest BCUT2D eigenvalue weighted by atomic mass is 10.1. The number of hydrogen-bond donors (Lipinski definition) is 0. The van der Waals surface area contributed by atoms with Gasteiger partial charge in [0.15, 0.2) is 0 Å². The van der Waals surface area contributed by atoms with Crippen LogP contribution in [0.5, 0.6) is 0 Å². The number of carbonyl (C=O) groups excluding carboxylic acids is 2. The fourth-order valence-corrected chi connectivity index (χ4v) is 1.67. The first kappa shape index (κ1) is 15.5. The van der Waals surface area contributed by atoms with Crippen LogP contribution >= 0.6 is 0 Å². The molecule has 1 rings (SSSR count). The van der Waals surface area contributed by atoms with E-state index in [9.17, 15) is 9.59 Å². The largest absolute Gasteiger partial charge is 0.466 e. The highest BCUT2D eigenvalue weighted by Crippen LogP contribution is 2.32. The van der Waals surface area contributed by atoms with Crippen LogP contribution in [0.3, 0.4) is 0 Å². The maximum Gasteiger partial charge on any atom is 0.379 e. The van der Waals surface area contributed by atoms with Gasteiger partial charge in [-0.3, -0.25) is 4.79 Å². The zero-order valence-corrected chi connectivity index (χ0v) is 11.6. The lowest BCUT2D eigenvalue weighted by Crippen LogP contribution is -2.41. The van der Waals surface area contributed by atoms with Crippen LogP contribution in [0.4, 0.5) is 0 Å². The molecule has 0 amide bonds. The molecule has 1 atom stereocenters. The number of carbonyl (C=O) groups is 2. The molecule has 1 aliphatic rings. The van der Waals surface area contributed by atoms with Gasteiger partial charge in [-0.15, -0.1) is 0 Å². The van der Waals surface area contributed by atoms with Gasteiger partial charge in [0.1, 0.15) is 12.4 Å². The molecule has 0 aromatic heterocycles. The van der Waals surface area contributed by atoms with Crippen molar-refractivity contribution in [3.8, 4) is 0 Å². The van der Waals surface area contributed by atoms with Crippen LogP contribution < -0.4 is 0 Å². The molecular formula is C13H20O6. The van der Waals surface area contributed by atoms with Gasteiger partial charge >= 0.3 is 17.7 Å². The molecule has 6 heteroatoms. The molecule has 0 spiro atoms. The van der Waals surface area contributed by atoms with Crippen molar-refractivity contribution in [3.05, 3.63) is 11.8 Å². The van der Waals surface area contributed by atoms with Gasteiger partial charge in [0.25, 0.3) is 0 Å². The number of hydrogen-bond acceptors (Lipinski definition) is 6. The zero-order chi connectivity index (χ0) is 14.3. The summed E-state index contributed by atoms with van der Waals surface area (Å²) < 4.78 is 20.7. The summed E-state index contributed by atoms with van der Waals surface area (Å²) in [5, 5.41) is 0. The monoisotopic (exact) mass is 272 g/mol. The highest BCUT2D eigenvalue weighted by Gasteiger charge is 2.48. The maximum absolute atomic E-state index is 11.9. The van der Waals surface area contributed by atoms with Crippen molar-refractivity contribution in [3.63, 3.8) is 0 Å². The quantitative estimate of drug-likeness (QED) is 0.683. The summed E-state index contributed by atoms with van der Waals surface area (Å²) in [5.74, 6) is -1.98. The predicted octanol–water partition coefficient (Wildman–Crippen LogP) is 1.54. The standard InChI is InChI=1S/C13H20O6/c1-4-10-9-18-13(19-10,12(15)17-6-3)8-7-11(14)16-5-2/h4H,5-9H2,1-3H3/b10-4-. The third-order valence-corrected chi connectivity index (χ3v) is 2.62. The second-order valence-electron chi connectivity index (χ2n) is 3.92. The van der Waals surface area contributed by atoms with Gasteiger partial charge in [0, 0.05) is 6.42 Å². The Morgan fingerprint density at radius 2 is 2.00 bits per heavy atom. The summed E-state index contributed by atoms with van der Waals surface area (Å²) in [5.41, 5.74) is 0. The van der Waals surface area contributed by atoms with E-state index in [0.717, 1.165) is 0 Å². The number of allylic oxidation sites excluding steroid dienone is 1. The summed E-state index contributed by atoms with van der Waals surface area (Å²) in [7, 11) is 0. The third kappa shape index (κ3) is 3.96. The Hall–Kier alpha value is -1.56. The van der Waals surface area contributed by atoms with Crippen molar-refractivity contribution in [2.24, 2.45) is 0 Å². The Kier molecular flexibility index (Phi) is 5.82.